The molecule has 0 aromatic carbocycles. The molecule has 1 aliphatic heterocycles. The van der Waals surface area contributed by atoms with E-state index in [1.165, 1.54) is 0 Å². The fourth-order valence-corrected chi connectivity index (χ4v) is 32.3. The van der Waals surface area contributed by atoms with Crippen molar-refractivity contribution in [3.05, 3.63) is 0 Å². The molecule has 0 radical (unpaired) electrons. The van der Waals surface area contributed by atoms with Crippen LogP contribution in [0.25, 0.3) is 0 Å². The van der Waals surface area contributed by atoms with E-state index in [0.717, 1.165) is 0 Å². The van der Waals surface area contributed by atoms with E-state index in [4.69, 9.17) is 77.6 Å². The quantitative estimate of drug-likeness (QED) is 0.417. The van der Waals surface area contributed by atoms with Crippen molar-refractivity contribution in [3.63, 3.8) is 0 Å². The highest BCUT2D eigenvalue weighted by Gasteiger charge is 2.58. The van der Waals surface area contributed by atoms with E-state index >= 15 is 0 Å². The molecule has 0 amide bonds. The lowest BCUT2D eigenvalue weighted by atomic mass is 10.9. The van der Waals surface area contributed by atoms with Crippen LogP contribution in [0.1, 0.15) is 0 Å². The van der Waals surface area contributed by atoms with Gasteiger partial charge in [-0.25, -0.2) is 0 Å². The standard InChI is InChI=1S/C4H7Cl7Si3/c5-12(6)1-2-13(7,8)4(3-12)14(9,10)11/h4H,1-3H2. The van der Waals surface area contributed by atoms with Gasteiger partial charge < -0.3 is 0 Å². The first-order chi connectivity index (χ1) is 6.05. The molecule has 1 heterocycles. The Bertz CT molecular complexity index is 223. The Labute approximate surface area is 119 Å². The van der Waals surface area contributed by atoms with Crippen LogP contribution in [0, 0.1) is 0 Å². The first kappa shape index (κ1) is 14.7. The van der Waals surface area contributed by atoms with Crippen molar-refractivity contribution in [2.24, 2.45) is 0 Å². The van der Waals surface area contributed by atoms with E-state index in [0.29, 0.717) is 18.1 Å². The fraction of sp³-hybridized carbons (Fsp3) is 1.00. The average molecular weight is 388 g/mol. The lowest BCUT2D eigenvalue weighted by Gasteiger charge is -2.39. The predicted molar refractivity (Wildman–Crippen MR) is 76.4 cm³/mol. The summed E-state index contributed by atoms with van der Waals surface area (Å²) in [6, 6.07) is -1.03. The predicted octanol–water partition coefficient (Wildman–Crippen LogP) is 5.40. The van der Waals surface area contributed by atoms with Crippen molar-refractivity contribution in [2.75, 3.05) is 0 Å². The zero-order valence-corrected chi connectivity index (χ0v) is 15.1. The highest BCUT2D eigenvalue weighted by molar-refractivity contribution is 7.71. The molecule has 0 aliphatic carbocycles. The van der Waals surface area contributed by atoms with Crippen molar-refractivity contribution in [3.8, 4) is 0 Å². The van der Waals surface area contributed by atoms with Gasteiger partial charge in [0, 0.05) is 5.16 Å². The van der Waals surface area contributed by atoms with E-state index in [1.807, 2.05) is 0 Å². The summed E-state index contributed by atoms with van der Waals surface area (Å²) in [7, 11) is 0. The zero-order valence-electron chi connectivity index (χ0n) is 6.84. The van der Waals surface area contributed by atoms with Crippen molar-refractivity contribution < 1.29 is 0 Å². The summed E-state index contributed by atoms with van der Waals surface area (Å²) < 4.78 is 0. The minimum Gasteiger partial charge on any atom is -0.146 e. The SMILES string of the molecule is Cl[Si]1(Cl)CC[Si](Cl)(Cl)C([Si](Cl)(Cl)Cl)C1. The Hall–Kier alpha value is 2.68. The highest BCUT2D eigenvalue weighted by Crippen LogP contribution is 2.56. The van der Waals surface area contributed by atoms with E-state index in [1.54, 1.807) is 0 Å². The second-order valence-electron chi connectivity index (χ2n) is 3.42. The molecule has 1 atom stereocenters. The summed E-state index contributed by atoms with van der Waals surface area (Å²) in [5.74, 6) is 0. The monoisotopic (exact) mass is 384 g/mol. The van der Waals surface area contributed by atoms with Gasteiger partial charge in [-0.05, 0) is 18.1 Å². The summed E-state index contributed by atoms with van der Waals surface area (Å²) in [6.45, 7) is -4.73. The average Bonchev–Trinajstić information content (AvgIpc) is 1.93. The number of hydrogen-bond donors (Lipinski definition) is 0. The summed E-state index contributed by atoms with van der Waals surface area (Å²) in [5, 5.41) is -0.237. The molecular formula is C4H7Cl7Si3. The van der Waals surface area contributed by atoms with Gasteiger partial charge in [0.05, 0.1) is 0 Å². The normalized spacial score (nSPS) is 31.5. The van der Waals surface area contributed by atoms with Crippen LogP contribution in [0.5, 0.6) is 0 Å². The first-order valence-electron chi connectivity index (χ1n) is 3.87. The Morgan fingerprint density at radius 1 is 0.929 bits per heavy atom. The van der Waals surface area contributed by atoms with Gasteiger partial charge in [-0.15, -0.1) is 77.6 Å². The van der Waals surface area contributed by atoms with Crippen molar-refractivity contribution in [1.29, 1.82) is 0 Å². The molecule has 0 spiro atoms. The largest absolute Gasteiger partial charge is 0.343 e. The Morgan fingerprint density at radius 3 is 1.79 bits per heavy atom. The van der Waals surface area contributed by atoms with Gasteiger partial charge in [-0.3, -0.25) is 0 Å². The fourth-order valence-electron chi connectivity index (χ4n) is 1.43. The Morgan fingerprint density at radius 2 is 1.43 bits per heavy atom. The van der Waals surface area contributed by atoms with Gasteiger partial charge in [0.15, 0.2) is 0 Å². The van der Waals surface area contributed by atoms with E-state index in [9.17, 15) is 0 Å². The number of hydrogen-bond acceptors (Lipinski definition) is 0. The third kappa shape index (κ3) is 3.86. The molecule has 10 heteroatoms. The van der Waals surface area contributed by atoms with E-state index in [2.05, 4.69) is 0 Å². The van der Waals surface area contributed by atoms with E-state index < -0.39 is 19.4 Å². The molecule has 84 valence electrons. The van der Waals surface area contributed by atoms with Crippen LogP contribution in [0.4, 0.5) is 0 Å². The minimum atomic E-state index is -2.90. The Kier molecular flexibility index (Phi) is 5.00. The molecule has 1 rings (SSSR count). The summed E-state index contributed by atoms with van der Waals surface area (Å²) in [6.07, 6.45) is 0. The zero-order chi connectivity index (χ0) is 11.2. The van der Waals surface area contributed by atoms with Crippen LogP contribution in [0.3, 0.4) is 0 Å². The molecule has 1 unspecified atom stereocenters. The topological polar surface area (TPSA) is 0 Å². The van der Waals surface area contributed by atoms with Gasteiger partial charge in [-0.2, -0.15) is 0 Å². The van der Waals surface area contributed by atoms with Crippen LogP contribution in [-0.2, 0) is 0 Å². The third-order valence-corrected chi connectivity index (χ3v) is 21.3. The highest BCUT2D eigenvalue weighted by atomic mass is 35.8. The lowest BCUT2D eigenvalue weighted by molar-refractivity contribution is 1.14. The second kappa shape index (κ2) is 4.75. The third-order valence-electron chi connectivity index (χ3n) is 2.23. The lowest BCUT2D eigenvalue weighted by Crippen LogP contribution is -2.47. The van der Waals surface area contributed by atoms with Crippen LogP contribution >= 0.6 is 77.6 Å². The first-order valence-corrected chi connectivity index (χ1v) is 17.7. The van der Waals surface area contributed by atoms with Crippen LogP contribution in [-0.4, -0.2) is 19.4 Å². The summed E-state index contributed by atoms with van der Waals surface area (Å²) >= 11 is 42.7. The molecule has 0 saturated carbocycles. The molecule has 1 fully saturated rings. The minimum absolute atomic E-state index is 0.237. The van der Waals surface area contributed by atoms with Crippen molar-refractivity contribution >= 4 is 96.9 Å². The smallest absolute Gasteiger partial charge is 0.146 e. The molecule has 1 aliphatic rings. The maximum Gasteiger partial charge on any atom is 0.343 e. The van der Waals surface area contributed by atoms with Crippen molar-refractivity contribution in [1.82, 2.24) is 0 Å². The second-order valence-corrected chi connectivity index (χ2v) is 27.8. The maximum absolute atomic E-state index is 6.24. The van der Waals surface area contributed by atoms with Gasteiger partial charge in [0.25, 0.3) is 13.4 Å². The van der Waals surface area contributed by atoms with Crippen LogP contribution in [0.15, 0.2) is 0 Å². The Balaban J connectivity index is 2.88. The summed E-state index contributed by atoms with van der Waals surface area (Å²) in [4.78, 5) is 0. The number of rotatable bonds is 1. The summed E-state index contributed by atoms with van der Waals surface area (Å²) in [5.41, 5.74) is 0. The van der Waals surface area contributed by atoms with Gasteiger partial charge in [-0.1, -0.05) is 0 Å². The van der Waals surface area contributed by atoms with Crippen LogP contribution < -0.4 is 0 Å². The molecule has 14 heavy (non-hydrogen) atoms. The van der Waals surface area contributed by atoms with Gasteiger partial charge in [0.1, 0.15) is 0 Å². The molecule has 0 aromatic rings. The molecule has 1 saturated heterocycles. The van der Waals surface area contributed by atoms with Gasteiger partial charge in [0.2, 0.25) is 0 Å². The molecule has 0 N–H and O–H groups in total. The molecule has 0 bridgehead atoms. The maximum atomic E-state index is 6.24. The molecule has 0 aromatic heterocycles. The molecule has 0 nitrogen and oxygen atoms in total. The van der Waals surface area contributed by atoms with E-state index in [-0.39, 0.29) is 5.16 Å². The van der Waals surface area contributed by atoms with Gasteiger partial charge >= 0.3 is 6.00 Å². The van der Waals surface area contributed by atoms with Crippen LogP contribution in [0.2, 0.25) is 23.3 Å². The van der Waals surface area contributed by atoms with Crippen molar-refractivity contribution in [2.45, 2.75) is 23.3 Å². The number of halogens is 7. The molecular weight excluding hydrogens is 380 g/mol.